The first-order valence-corrected chi connectivity index (χ1v) is 6.07. The molecule has 0 heterocycles. The predicted octanol–water partition coefficient (Wildman–Crippen LogP) is 0.851. The molecule has 0 saturated carbocycles. The van der Waals surface area contributed by atoms with E-state index in [-0.39, 0.29) is 6.61 Å². The predicted molar refractivity (Wildman–Crippen MR) is 70.2 cm³/mol. The van der Waals surface area contributed by atoms with Gasteiger partial charge >= 0.3 is 0 Å². The van der Waals surface area contributed by atoms with Crippen molar-refractivity contribution in [1.82, 2.24) is 0 Å². The van der Waals surface area contributed by atoms with E-state index >= 15 is 0 Å². The van der Waals surface area contributed by atoms with Gasteiger partial charge in [0, 0.05) is 18.8 Å². The molecule has 0 aliphatic rings. The molecular weight excluding hydrogens is 216 g/mol. The van der Waals surface area contributed by atoms with E-state index in [9.17, 15) is 0 Å². The summed E-state index contributed by atoms with van der Waals surface area (Å²) in [6.45, 7) is 3.56. The topological polar surface area (TPSA) is 58.7 Å². The van der Waals surface area contributed by atoms with Crippen LogP contribution in [0.1, 0.15) is 6.42 Å². The van der Waals surface area contributed by atoms with Gasteiger partial charge in [-0.05, 0) is 25.1 Å². The van der Waals surface area contributed by atoms with Gasteiger partial charge < -0.3 is 20.5 Å². The van der Waals surface area contributed by atoms with Crippen molar-refractivity contribution in [3.63, 3.8) is 0 Å². The Morgan fingerprint density at radius 3 is 2.53 bits per heavy atom. The van der Waals surface area contributed by atoms with Crippen molar-refractivity contribution in [2.24, 2.45) is 5.73 Å². The van der Waals surface area contributed by atoms with Crippen molar-refractivity contribution < 1.29 is 9.84 Å². The molecule has 96 valence electrons. The van der Waals surface area contributed by atoms with Crippen molar-refractivity contribution in [2.75, 3.05) is 44.4 Å². The highest BCUT2D eigenvalue weighted by atomic mass is 16.5. The highest BCUT2D eigenvalue weighted by molar-refractivity contribution is 5.45. The number of anilines is 1. The van der Waals surface area contributed by atoms with E-state index in [1.54, 1.807) is 0 Å². The zero-order chi connectivity index (χ0) is 12.3. The summed E-state index contributed by atoms with van der Waals surface area (Å²) in [6, 6.07) is 10.2. The largest absolute Gasteiger partial charge is 0.394 e. The lowest BCUT2D eigenvalue weighted by Crippen LogP contribution is -2.30. The lowest BCUT2D eigenvalue weighted by Gasteiger charge is -2.24. The average molecular weight is 238 g/mol. The Hall–Kier alpha value is -1.10. The molecule has 1 aromatic rings. The molecule has 0 aliphatic carbocycles. The van der Waals surface area contributed by atoms with Crippen molar-refractivity contribution in [2.45, 2.75) is 6.42 Å². The highest BCUT2D eigenvalue weighted by Gasteiger charge is 2.04. The molecule has 0 saturated heterocycles. The fraction of sp³-hybridized carbons (Fsp3) is 0.538. The van der Waals surface area contributed by atoms with E-state index in [4.69, 9.17) is 15.6 Å². The van der Waals surface area contributed by atoms with E-state index in [0.29, 0.717) is 19.8 Å². The van der Waals surface area contributed by atoms with Crippen LogP contribution < -0.4 is 10.6 Å². The Morgan fingerprint density at radius 1 is 1.12 bits per heavy atom. The molecule has 1 rings (SSSR count). The fourth-order valence-electron chi connectivity index (χ4n) is 1.63. The summed E-state index contributed by atoms with van der Waals surface area (Å²) in [5, 5.41) is 8.63. The van der Waals surface area contributed by atoms with E-state index in [1.807, 2.05) is 18.2 Å². The number of para-hydroxylation sites is 1. The van der Waals surface area contributed by atoms with Crippen LogP contribution in [0.5, 0.6) is 0 Å². The SMILES string of the molecule is NCCCN(CCOCCO)c1ccccc1. The van der Waals surface area contributed by atoms with Crippen LogP contribution in [-0.4, -0.2) is 44.6 Å². The molecule has 4 heteroatoms. The fourth-order valence-corrected chi connectivity index (χ4v) is 1.63. The summed E-state index contributed by atoms with van der Waals surface area (Å²) >= 11 is 0. The second kappa shape index (κ2) is 8.98. The molecule has 17 heavy (non-hydrogen) atoms. The monoisotopic (exact) mass is 238 g/mol. The number of nitrogens with two attached hydrogens (primary N) is 1. The molecule has 0 aromatic heterocycles. The van der Waals surface area contributed by atoms with Crippen LogP contribution in [0.3, 0.4) is 0 Å². The molecule has 1 aromatic carbocycles. The summed E-state index contributed by atoms with van der Waals surface area (Å²) in [5.41, 5.74) is 6.73. The Kier molecular flexibility index (Phi) is 7.38. The average Bonchev–Trinajstić information content (AvgIpc) is 2.39. The first kappa shape index (κ1) is 14.0. The number of ether oxygens (including phenoxy) is 1. The third kappa shape index (κ3) is 5.68. The van der Waals surface area contributed by atoms with Gasteiger partial charge in [-0.3, -0.25) is 0 Å². The Morgan fingerprint density at radius 2 is 1.88 bits per heavy atom. The minimum atomic E-state index is 0.0775. The number of benzene rings is 1. The molecule has 0 atom stereocenters. The van der Waals surface area contributed by atoms with E-state index in [1.165, 1.54) is 5.69 Å². The van der Waals surface area contributed by atoms with Gasteiger partial charge in [-0.2, -0.15) is 0 Å². The lowest BCUT2D eigenvalue weighted by atomic mass is 10.2. The minimum absolute atomic E-state index is 0.0775. The number of aliphatic hydroxyl groups excluding tert-OH is 1. The quantitative estimate of drug-likeness (QED) is 0.626. The number of hydrogen-bond donors (Lipinski definition) is 2. The maximum atomic E-state index is 8.63. The molecule has 0 fully saturated rings. The second-order valence-electron chi connectivity index (χ2n) is 3.80. The summed E-state index contributed by atoms with van der Waals surface area (Å²) in [6.07, 6.45) is 0.967. The number of rotatable bonds is 9. The van der Waals surface area contributed by atoms with E-state index < -0.39 is 0 Å². The van der Waals surface area contributed by atoms with Gasteiger partial charge in [0.2, 0.25) is 0 Å². The van der Waals surface area contributed by atoms with E-state index in [2.05, 4.69) is 17.0 Å². The maximum absolute atomic E-state index is 8.63. The smallest absolute Gasteiger partial charge is 0.0698 e. The standard InChI is InChI=1S/C13H22N2O2/c14-7-4-8-15(9-11-17-12-10-16)13-5-2-1-3-6-13/h1-3,5-6,16H,4,7-12,14H2. The Bertz CT molecular complexity index is 280. The Balaban J connectivity index is 2.43. The summed E-state index contributed by atoms with van der Waals surface area (Å²) < 4.78 is 5.29. The molecular formula is C13H22N2O2. The van der Waals surface area contributed by atoms with Gasteiger partial charge in [0.1, 0.15) is 0 Å². The van der Waals surface area contributed by atoms with Crippen molar-refractivity contribution >= 4 is 5.69 Å². The van der Waals surface area contributed by atoms with Crippen molar-refractivity contribution in [1.29, 1.82) is 0 Å². The van der Waals surface area contributed by atoms with Gasteiger partial charge in [0.15, 0.2) is 0 Å². The molecule has 0 spiro atoms. The first-order chi connectivity index (χ1) is 8.38. The van der Waals surface area contributed by atoms with Crippen LogP contribution >= 0.6 is 0 Å². The number of aliphatic hydroxyl groups is 1. The van der Waals surface area contributed by atoms with Crippen LogP contribution in [-0.2, 0) is 4.74 Å². The number of hydrogen-bond acceptors (Lipinski definition) is 4. The second-order valence-corrected chi connectivity index (χ2v) is 3.80. The molecule has 0 aliphatic heterocycles. The molecule has 0 radical (unpaired) electrons. The van der Waals surface area contributed by atoms with Gasteiger partial charge in [-0.15, -0.1) is 0 Å². The molecule has 0 amide bonds. The first-order valence-electron chi connectivity index (χ1n) is 6.07. The van der Waals surface area contributed by atoms with Crippen LogP contribution in [0.25, 0.3) is 0 Å². The Labute approximate surface area is 103 Å². The van der Waals surface area contributed by atoms with Gasteiger partial charge in [-0.25, -0.2) is 0 Å². The van der Waals surface area contributed by atoms with E-state index in [0.717, 1.165) is 19.5 Å². The van der Waals surface area contributed by atoms with Crippen LogP contribution in [0.15, 0.2) is 30.3 Å². The number of nitrogens with zero attached hydrogens (tertiary/aromatic N) is 1. The summed E-state index contributed by atoms with van der Waals surface area (Å²) in [5.74, 6) is 0. The van der Waals surface area contributed by atoms with Crippen LogP contribution in [0.2, 0.25) is 0 Å². The van der Waals surface area contributed by atoms with Crippen LogP contribution in [0, 0.1) is 0 Å². The summed E-state index contributed by atoms with van der Waals surface area (Å²) in [4.78, 5) is 2.25. The molecule has 4 nitrogen and oxygen atoms in total. The highest BCUT2D eigenvalue weighted by Crippen LogP contribution is 2.12. The maximum Gasteiger partial charge on any atom is 0.0698 e. The van der Waals surface area contributed by atoms with Crippen molar-refractivity contribution in [3.8, 4) is 0 Å². The normalized spacial score (nSPS) is 10.5. The van der Waals surface area contributed by atoms with Gasteiger partial charge in [-0.1, -0.05) is 18.2 Å². The lowest BCUT2D eigenvalue weighted by molar-refractivity contribution is 0.0966. The zero-order valence-electron chi connectivity index (χ0n) is 10.2. The minimum Gasteiger partial charge on any atom is -0.394 e. The molecule has 0 unspecified atom stereocenters. The molecule has 3 N–H and O–H groups in total. The van der Waals surface area contributed by atoms with Crippen LogP contribution in [0.4, 0.5) is 5.69 Å². The summed E-state index contributed by atoms with van der Waals surface area (Å²) in [7, 11) is 0. The van der Waals surface area contributed by atoms with Crippen molar-refractivity contribution in [3.05, 3.63) is 30.3 Å². The third-order valence-electron chi connectivity index (χ3n) is 2.49. The zero-order valence-corrected chi connectivity index (χ0v) is 10.2. The van der Waals surface area contributed by atoms with Gasteiger partial charge in [0.05, 0.1) is 19.8 Å². The molecule has 0 bridgehead atoms. The van der Waals surface area contributed by atoms with Gasteiger partial charge in [0.25, 0.3) is 0 Å². The third-order valence-corrected chi connectivity index (χ3v) is 2.49.